The summed E-state index contributed by atoms with van der Waals surface area (Å²) in [5, 5.41) is 7.10. The van der Waals surface area contributed by atoms with Gasteiger partial charge < -0.3 is 10.1 Å². The fourth-order valence-corrected chi connectivity index (χ4v) is 3.22. The highest BCUT2D eigenvalue weighted by Gasteiger charge is 2.44. The van der Waals surface area contributed by atoms with Crippen LogP contribution >= 0.6 is 11.3 Å². The van der Waals surface area contributed by atoms with Gasteiger partial charge in [-0.05, 0) is 53.4 Å². The predicted molar refractivity (Wildman–Crippen MR) is 80.5 cm³/mol. The van der Waals surface area contributed by atoms with Gasteiger partial charge in [0.25, 0.3) is 5.91 Å². The molecular formula is C16H16FNO2S. The lowest BCUT2D eigenvalue weighted by Crippen LogP contribution is -2.32. The smallest absolute Gasteiger partial charge is 0.251 e. The van der Waals surface area contributed by atoms with Crippen LogP contribution in [0.3, 0.4) is 0 Å². The summed E-state index contributed by atoms with van der Waals surface area (Å²) in [6, 6.07) is 6.35. The maximum Gasteiger partial charge on any atom is 0.251 e. The van der Waals surface area contributed by atoms with Crippen molar-refractivity contribution in [1.82, 2.24) is 5.32 Å². The van der Waals surface area contributed by atoms with Crippen molar-refractivity contribution in [2.75, 3.05) is 13.7 Å². The van der Waals surface area contributed by atoms with E-state index in [1.165, 1.54) is 24.8 Å². The van der Waals surface area contributed by atoms with Crippen LogP contribution in [0.4, 0.5) is 4.39 Å². The molecule has 3 nitrogen and oxygen atoms in total. The summed E-state index contributed by atoms with van der Waals surface area (Å²) in [6.45, 7) is 0.593. The lowest BCUT2D eigenvalue weighted by Gasteiger charge is -2.15. The maximum absolute atomic E-state index is 13.6. The van der Waals surface area contributed by atoms with Crippen molar-refractivity contribution in [3.05, 3.63) is 52.0 Å². The number of nitrogens with one attached hydrogen (secondary N) is 1. The highest BCUT2D eigenvalue weighted by Crippen LogP contribution is 2.48. The van der Waals surface area contributed by atoms with E-state index in [-0.39, 0.29) is 17.1 Å². The van der Waals surface area contributed by atoms with Gasteiger partial charge in [-0.1, -0.05) is 0 Å². The van der Waals surface area contributed by atoms with Gasteiger partial charge in [0.15, 0.2) is 11.6 Å². The maximum atomic E-state index is 13.6. The van der Waals surface area contributed by atoms with Crippen LogP contribution in [0.2, 0.25) is 0 Å². The molecule has 0 spiro atoms. The molecule has 1 amide bonds. The second-order valence-electron chi connectivity index (χ2n) is 5.32. The van der Waals surface area contributed by atoms with E-state index in [0.29, 0.717) is 12.1 Å². The van der Waals surface area contributed by atoms with Crippen molar-refractivity contribution in [3.63, 3.8) is 0 Å². The van der Waals surface area contributed by atoms with Gasteiger partial charge in [-0.2, -0.15) is 11.3 Å². The number of ether oxygens (including phenoxy) is 1. The van der Waals surface area contributed by atoms with E-state index >= 15 is 0 Å². The van der Waals surface area contributed by atoms with Gasteiger partial charge in [-0.25, -0.2) is 4.39 Å². The van der Waals surface area contributed by atoms with Crippen molar-refractivity contribution in [3.8, 4) is 5.75 Å². The summed E-state index contributed by atoms with van der Waals surface area (Å²) in [6.07, 6.45) is 2.17. The number of thiophene rings is 1. The molecule has 1 fully saturated rings. The van der Waals surface area contributed by atoms with Crippen molar-refractivity contribution in [2.45, 2.75) is 18.3 Å². The van der Waals surface area contributed by atoms with Crippen molar-refractivity contribution >= 4 is 17.2 Å². The molecule has 110 valence electrons. The first-order valence-corrected chi connectivity index (χ1v) is 7.73. The Balaban J connectivity index is 1.66. The van der Waals surface area contributed by atoms with Crippen molar-refractivity contribution < 1.29 is 13.9 Å². The first kappa shape index (κ1) is 14.1. The average molecular weight is 305 g/mol. The number of hydrogen-bond acceptors (Lipinski definition) is 3. The molecule has 5 heteroatoms. The zero-order valence-corrected chi connectivity index (χ0v) is 12.5. The largest absolute Gasteiger partial charge is 0.494 e. The minimum absolute atomic E-state index is 0.0840. The number of benzene rings is 1. The van der Waals surface area contributed by atoms with Gasteiger partial charge in [0, 0.05) is 17.5 Å². The molecule has 0 bridgehead atoms. The molecule has 1 aromatic carbocycles. The number of rotatable bonds is 5. The molecule has 1 aromatic heterocycles. The van der Waals surface area contributed by atoms with E-state index in [4.69, 9.17) is 4.74 Å². The Morgan fingerprint density at radius 3 is 2.81 bits per heavy atom. The summed E-state index contributed by atoms with van der Waals surface area (Å²) < 4.78 is 18.5. The lowest BCUT2D eigenvalue weighted by atomic mass is 9.99. The van der Waals surface area contributed by atoms with Crippen LogP contribution in [0.15, 0.2) is 35.0 Å². The monoisotopic (exact) mass is 305 g/mol. The second-order valence-corrected chi connectivity index (χ2v) is 6.10. The highest BCUT2D eigenvalue weighted by atomic mass is 32.1. The van der Waals surface area contributed by atoms with E-state index in [1.807, 2.05) is 0 Å². The topological polar surface area (TPSA) is 38.3 Å². The van der Waals surface area contributed by atoms with E-state index in [1.54, 1.807) is 17.4 Å². The van der Waals surface area contributed by atoms with Gasteiger partial charge in [0.1, 0.15) is 0 Å². The van der Waals surface area contributed by atoms with Gasteiger partial charge in [0.05, 0.1) is 7.11 Å². The summed E-state index contributed by atoms with van der Waals surface area (Å²) in [5.41, 5.74) is 1.68. The quantitative estimate of drug-likeness (QED) is 0.920. The molecule has 1 heterocycles. The van der Waals surface area contributed by atoms with Gasteiger partial charge >= 0.3 is 0 Å². The Labute approximate surface area is 126 Å². The molecule has 0 atom stereocenters. The summed E-state index contributed by atoms with van der Waals surface area (Å²) in [5.74, 6) is -0.634. The SMILES string of the molecule is COc1ccc(C(=O)NCC2(c3ccsc3)CC2)cc1F. The number of carbonyl (C=O) groups is 1. The summed E-state index contributed by atoms with van der Waals surface area (Å²) in [4.78, 5) is 12.1. The van der Waals surface area contributed by atoms with Gasteiger partial charge in [-0.3, -0.25) is 4.79 Å². The first-order chi connectivity index (χ1) is 10.1. The number of carbonyl (C=O) groups excluding carboxylic acids is 1. The minimum Gasteiger partial charge on any atom is -0.494 e. The van der Waals surface area contributed by atoms with Crippen molar-refractivity contribution in [2.24, 2.45) is 0 Å². The number of hydrogen-bond donors (Lipinski definition) is 1. The van der Waals surface area contributed by atoms with Crippen LogP contribution in [0.5, 0.6) is 5.75 Å². The van der Waals surface area contributed by atoms with Crippen LogP contribution < -0.4 is 10.1 Å². The molecule has 3 rings (SSSR count). The first-order valence-electron chi connectivity index (χ1n) is 6.79. The molecule has 21 heavy (non-hydrogen) atoms. The molecule has 0 unspecified atom stereocenters. The van der Waals surface area contributed by atoms with E-state index in [9.17, 15) is 9.18 Å². The number of amides is 1. The fourth-order valence-electron chi connectivity index (χ4n) is 2.44. The van der Waals surface area contributed by atoms with Crippen LogP contribution in [0.25, 0.3) is 0 Å². The zero-order valence-electron chi connectivity index (χ0n) is 11.7. The Kier molecular flexibility index (Phi) is 3.68. The Bertz CT molecular complexity index is 650. The Morgan fingerprint density at radius 1 is 1.43 bits per heavy atom. The average Bonchev–Trinajstić information content (AvgIpc) is 3.07. The van der Waals surface area contributed by atoms with Crippen LogP contribution in [-0.4, -0.2) is 19.6 Å². The molecule has 1 saturated carbocycles. The highest BCUT2D eigenvalue weighted by molar-refractivity contribution is 7.08. The lowest BCUT2D eigenvalue weighted by molar-refractivity contribution is 0.0949. The molecule has 2 aromatic rings. The molecule has 0 saturated heterocycles. The molecule has 0 aliphatic heterocycles. The third-order valence-corrected chi connectivity index (χ3v) is 4.67. The molecule has 0 radical (unpaired) electrons. The Hall–Kier alpha value is -1.88. The van der Waals surface area contributed by atoms with Crippen LogP contribution in [-0.2, 0) is 5.41 Å². The molecule has 1 N–H and O–H groups in total. The standard InChI is InChI=1S/C16H16FNO2S/c1-20-14-3-2-11(8-13(14)17)15(19)18-10-16(5-6-16)12-4-7-21-9-12/h2-4,7-9H,5-6,10H2,1H3,(H,18,19). The number of halogens is 1. The van der Waals surface area contributed by atoms with Crippen LogP contribution in [0, 0.1) is 5.82 Å². The third-order valence-electron chi connectivity index (χ3n) is 3.99. The van der Waals surface area contributed by atoms with Crippen LogP contribution in [0.1, 0.15) is 28.8 Å². The second kappa shape index (κ2) is 5.48. The van der Waals surface area contributed by atoms with Gasteiger partial charge in [0.2, 0.25) is 0 Å². The Morgan fingerprint density at radius 2 is 2.24 bits per heavy atom. The third kappa shape index (κ3) is 2.78. The molecule has 1 aliphatic carbocycles. The molecule has 1 aliphatic rings. The van der Waals surface area contributed by atoms with E-state index in [2.05, 4.69) is 22.1 Å². The van der Waals surface area contributed by atoms with E-state index in [0.717, 1.165) is 12.8 Å². The predicted octanol–water partition coefficient (Wildman–Crippen LogP) is 3.36. The van der Waals surface area contributed by atoms with E-state index < -0.39 is 5.82 Å². The fraction of sp³-hybridized carbons (Fsp3) is 0.312. The zero-order chi connectivity index (χ0) is 14.9. The summed E-state index contributed by atoms with van der Waals surface area (Å²) >= 11 is 1.67. The minimum atomic E-state index is -0.524. The summed E-state index contributed by atoms with van der Waals surface area (Å²) in [7, 11) is 1.40. The van der Waals surface area contributed by atoms with Crippen molar-refractivity contribution in [1.29, 1.82) is 0 Å². The molecular weight excluding hydrogens is 289 g/mol. The number of methoxy groups -OCH3 is 1. The van der Waals surface area contributed by atoms with Gasteiger partial charge in [-0.15, -0.1) is 0 Å². The normalized spacial score (nSPS) is 15.5.